The summed E-state index contributed by atoms with van der Waals surface area (Å²) in [5.74, 6) is -1.21. The number of Topliss-reactive ketones (excluding diaryl/α,β-unsaturated/α-hetero) is 1. The maximum absolute atomic E-state index is 13.2. The predicted molar refractivity (Wildman–Crippen MR) is 123 cm³/mol. The second-order valence-corrected chi connectivity index (χ2v) is 8.68. The number of cyclic esters (lactones) is 1. The van der Waals surface area contributed by atoms with Gasteiger partial charge in [-0.05, 0) is 49.8 Å². The zero-order valence-corrected chi connectivity index (χ0v) is 18.7. The van der Waals surface area contributed by atoms with Crippen LogP contribution in [-0.2, 0) is 14.3 Å². The minimum atomic E-state index is -0.630. The molecule has 0 aliphatic carbocycles. The molecule has 0 bridgehead atoms. The molecule has 0 fully saturated rings. The van der Waals surface area contributed by atoms with E-state index in [4.69, 9.17) is 9.47 Å². The Hall–Kier alpha value is -3.41. The Bertz CT molecular complexity index is 1090. The highest BCUT2D eigenvalue weighted by Gasteiger charge is 2.35. The van der Waals surface area contributed by atoms with Crippen LogP contribution in [0, 0.1) is 0 Å². The van der Waals surface area contributed by atoms with Gasteiger partial charge in [0, 0.05) is 24.3 Å². The van der Waals surface area contributed by atoms with Crippen molar-refractivity contribution in [3.05, 3.63) is 64.7 Å². The summed E-state index contributed by atoms with van der Waals surface area (Å²) in [4.78, 5) is 37.5. The average molecular weight is 449 g/mol. The van der Waals surface area contributed by atoms with Gasteiger partial charge in [0.1, 0.15) is 22.8 Å². The smallest absolute Gasteiger partial charge is 0.342 e. The molecule has 6 heteroatoms. The van der Waals surface area contributed by atoms with Crippen molar-refractivity contribution in [2.75, 3.05) is 0 Å². The van der Waals surface area contributed by atoms with E-state index in [1.165, 1.54) is 0 Å². The Balaban J connectivity index is 1.80. The van der Waals surface area contributed by atoms with Crippen LogP contribution in [0.4, 0.5) is 0 Å². The molecule has 1 N–H and O–H groups in total. The van der Waals surface area contributed by atoms with Gasteiger partial charge in [-0.2, -0.15) is 0 Å². The molecule has 172 valence electrons. The summed E-state index contributed by atoms with van der Waals surface area (Å²) in [6.07, 6.45) is 6.82. The number of carbonyl (C=O) groups excluding carboxylic acids is 3. The number of ketones is 1. The maximum Gasteiger partial charge on any atom is 0.342 e. The minimum Gasteiger partial charge on any atom is -0.507 e. The number of fused-ring (bicyclic) bond motifs is 2. The predicted octanol–water partition coefficient (Wildman–Crippen LogP) is 5.32. The molecule has 4 rings (SSSR count). The topological polar surface area (TPSA) is 89.9 Å². The van der Waals surface area contributed by atoms with Gasteiger partial charge >= 0.3 is 11.9 Å². The van der Waals surface area contributed by atoms with Gasteiger partial charge in [-0.1, -0.05) is 42.5 Å². The lowest BCUT2D eigenvalue weighted by atomic mass is 9.83. The van der Waals surface area contributed by atoms with Crippen LogP contribution in [-0.4, -0.2) is 28.9 Å². The summed E-state index contributed by atoms with van der Waals surface area (Å²) in [6, 6.07) is 11.0. The van der Waals surface area contributed by atoms with Crippen molar-refractivity contribution >= 4 is 23.8 Å². The van der Waals surface area contributed by atoms with Crippen molar-refractivity contribution in [2.45, 2.75) is 63.9 Å². The number of phenolic OH excluding ortho intramolecular Hbond substituents is 1. The molecule has 0 amide bonds. The second kappa shape index (κ2) is 10.0. The fourth-order valence-corrected chi connectivity index (χ4v) is 4.49. The second-order valence-electron chi connectivity index (χ2n) is 8.68. The summed E-state index contributed by atoms with van der Waals surface area (Å²) in [7, 11) is 0. The van der Waals surface area contributed by atoms with Crippen LogP contribution in [0.3, 0.4) is 0 Å². The van der Waals surface area contributed by atoms with Crippen molar-refractivity contribution in [3.63, 3.8) is 0 Å². The summed E-state index contributed by atoms with van der Waals surface area (Å²) < 4.78 is 11.1. The van der Waals surface area contributed by atoms with E-state index in [9.17, 15) is 19.5 Å². The van der Waals surface area contributed by atoms with E-state index in [-0.39, 0.29) is 29.3 Å². The van der Waals surface area contributed by atoms with E-state index in [1.54, 1.807) is 19.1 Å². The molecule has 2 aliphatic heterocycles. The first kappa shape index (κ1) is 22.8. The molecule has 0 radical (unpaired) electrons. The molecule has 2 aromatic carbocycles. The van der Waals surface area contributed by atoms with Gasteiger partial charge in [-0.3, -0.25) is 9.59 Å². The monoisotopic (exact) mass is 448 g/mol. The number of hydrogen-bond acceptors (Lipinski definition) is 6. The highest BCUT2D eigenvalue weighted by Crippen LogP contribution is 2.47. The Morgan fingerprint density at radius 2 is 1.79 bits per heavy atom. The van der Waals surface area contributed by atoms with E-state index in [0.29, 0.717) is 49.7 Å². The maximum atomic E-state index is 13.2. The van der Waals surface area contributed by atoms with Crippen LogP contribution < -0.4 is 4.74 Å². The number of hydrogen-bond donors (Lipinski definition) is 1. The highest BCUT2D eigenvalue weighted by molar-refractivity contribution is 5.98. The van der Waals surface area contributed by atoms with Gasteiger partial charge in [-0.25, -0.2) is 4.79 Å². The fraction of sp³-hybridized carbons (Fsp3) is 0.370. The first-order chi connectivity index (χ1) is 15.9. The standard InChI is InChI=1S/C27H28O6/c1-17-9-8-14-20(28)13-7-3-6-12-19-15-22-25(26(30)24(19)27(31)32-17)21(16-23(29)33-22)18-10-4-2-5-11-18/h2,4-6,10-12,15,17,21,30H,3,7-9,13-14,16H2,1H3. The van der Waals surface area contributed by atoms with Gasteiger partial charge in [0.25, 0.3) is 0 Å². The SMILES string of the molecule is CC1CCCC(=O)CCCC=Cc2cc3c(c(O)c2C(=O)O1)C(c1ccccc1)CC(=O)O3. The zero-order valence-electron chi connectivity index (χ0n) is 18.7. The van der Waals surface area contributed by atoms with Gasteiger partial charge < -0.3 is 14.6 Å². The van der Waals surface area contributed by atoms with Gasteiger partial charge in [-0.15, -0.1) is 0 Å². The van der Waals surface area contributed by atoms with Gasteiger partial charge in [0.15, 0.2) is 0 Å². The molecule has 2 atom stereocenters. The number of phenols is 1. The minimum absolute atomic E-state index is 0.0681. The average Bonchev–Trinajstić information content (AvgIpc) is 2.78. The van der Waals surface area contributed by atoms with E-state index < -0.39 is 24.0 Å². The van der Waals surface area contributed by atoms with Crippen LogP contribution in [0.1, 0.15) is 84.8 Å². The van der Waals surface area contributed by atoms with Crippen LogP contribution in [0.5, 0.6) is 11.5 Å². The molecule has 2 aliphatic rings. The summed E-state index contributed by atoms with van der Waals surface area (Å²) >= 11 is 0. The zero-order chi connectivity index (χ0) is 23.4. The molecule has 0 saturated heterocycles. The van der Waals surface area contributed by atoms with Crippen molar-refractivity contribution in [3.8, 4) is 11.5 Å². The highest BCUT2D eigenvalue weighted by atomic mass is 16.5. The molecule has 2 unspecified atom stereocenters. The Morgan fingerprint density at radius 1 is 1.03 bits per heavy atom. The van der Waals surface area contributed by atoms with E-state index in [2.05, 4.69) is 0 Å². The molecule has 33 heavy (non-hydrogen) atoms. The normalized spacial score (nSPS) is 21.9. The fourth-order valence-electron chi connectivity index (χ4n) is 4.49. The molecule has 2 heterocycles. The summed E-state index contributed by atoms with van der Waals surface area (Å²) in [6.45, 7) is 1.79. The largest absolute Gasteiger partial charge is 0.507 e. The van der Waals surface area contributed by atoms with E-state index >= 15 is 0 Å². The molecular formula is C27H28O6. The number of carbonyl (C=O) groups is 3. The lowest BCUT2D eigenvalue weighted by Crippen LogP contribution is -2.23. The number of rotatable bonds is 1. The molecule has 0 spiro atoms. The lowest BCUT2D eigenvalue weighted by Gasteiger charge is -2.27. The van der Waals surface area contributed by atoms with Crippen LogP contribution in [0.25, 0.3) is 6.08 Å². The number of aromatic hydroxyl groups is 1. The summed E-state index contributed by atoms with van der Waals surface area (Å²) in [5.41, 5.74) is 1.77. The number of benzene rings is 2. The molecule has 6 nitrogen and oxygen atoms in total. The van der Waals surface area contributed by atoms with Crippen molar-refractivity contribution < 1.29 is 29.0 Å². The Kier molecular flexibility index (Phi) is 6.92. The van der Waals surface area contributed by atoms with Crippen LogP contribution >= 0.6 is 0 Å². The van der Waals surface area contributed by atoms with Crippen LogP contribution in [0.15, 0.2) is 42.5 Å². The van der Waals surface area contributed by atoms with Gasteiger partial charge in [0.05, 0.1) is 12.5 Å². The molecule has 0 aromatic heterocycles. The lowest BCUT2D eigenvalue weighted by molar-refractivity contribution is -0.135. The number of allylic oxidation sites excluding steroid dienone is 1. The van der Waals surface area contributed by atoms with E-state index in [1.807, 2.05) is 36.4 Å². The van der Waals surface area contributed by atoms with Gasteiger partial charge in [0.2, 0.25) is 0 Å². The van der Waals surface area contributed by atoms with Crippen LogP contribution in [0.2, 0.25) is 0 Å². The third-order valence-electron chi connectivity index (χ3n) is 6.18. The molecule has 2 aromatic rings. The molecular weight excluding hydrogens is 420 g/mol. The summed E-state index contributed by atoms with van der Waals surface area (Å²) in [5, 5.41) is 11.3. The first-order valence-electron chi connectivity index (χ1n) is 11.5. The van der Waals surface area contributed by atoms with Crippen molar-refractivity contribution in [1.82, 2.24) is 0 Å². The van der Waals surface area contributed by atoms with Crippen molar-refractivity contribution in [1.29, 1.82) is 0 Å². The third kappa shape index (κ3) is 5.16. The third-order valence-corrected chi connectivity index (χ3v) is 6.18. The quantitative estimate of drug-likeness (QED) is 0.469. The van der Waals surface area contributed by atoms with Crippen molar-refractivity contribution in [2.24, 2.45) is 0 Å². The molecule has 0 saturated carbocycles. The Morgan fingerprint density at radius 3 is 2.58 bits per heavy atom. The first-order valence-corrected chi connectivity index (χ1v) is 11.5. The number of ether oxygens (including phenoxy) is 2. The van der Waals surface area contributed by atoms with E-state index in [0.717, 1.165) is 5.56 Å². The Labute approximate surface area is 193 Å². The number of esters is 2.